The Morgan fingerprint density at radius 3 is 1.73 bits per heavy atom. The molecule has 0 saturated heterocycles. The standard InChI is InChI=1S/C6H8O4S/c7-11(8,9,10)6-4-2-1-3-5-6/h1-5H,(H3,7,8,9,10). The van der Waals surface area contributed by atoms with Crippen LogP contribution in [0.1, 0.15) is 0 Å². The molecule has 5 heteroatoms. The van der Waals surface area contributed by atoms with Crippen LogP contribution in [0.2, 0.25) is 0 Å². The summed E-state index contributed by atoms with van der Waals surface area (Å²) in [5.41, 5.74) is 0. The van der Waals surface area contributed by atoms with E-state index in [-0.39, 0.29) is 0 Å². The first kappa shape index (κ1) is 8.35. The SMILES string of the molecule is O=S(O)(O)(O)c1ccccc1. The molecular weight excluding hydrogens is 168 g/mol. The molecule has 0 aliphatic rings. The molecule has 0 atom stereocenters. The lowest BCUT2D eigenvalue weighted by molar-refractivity contribution is 0.286. The van der Waals surface area contributed by atoms with E-state index in [2.05, 4.69) is 0 Å². The Morgan fingerprint density at radius 2 is 1.45 bits per heavy atom. The van der Waals surface area contributed by atoms with Crippen molar-refractivity contribution in [3.05, 3.63) is 30.3 Å². The molecule has 1 aromatic rings. The van der Waals surface area contributed by atoms with Crippen LogP contribution in [-0.2, 0) is 9.91 Å². The van der Waals surface area contributed by atoms with Gasteiger partial charge in [0.2, 0.25) is 9.91 Å². The van der Waals surface area contributed by atoms with Crippen LogP contribution in [0.3, 0.4) is 0 Å². The predicted molar refractivity (Wildman–Crippen MR) is 40.7 cm³/mol. The van der Waals surface area contributed by atoms with E-state index < -0.39 is 14.8 Å². The van der Waals surface area contributed by atoms with E-state index >= 15 is 0 Å². The molecule has 4 nitrogen and oxygen atoms in total. The van der Waals surface area contributed by atoms with Crippen LogP contribution in [0.4, 0.5) is 0 Å². The van der Waals surface area contributed by atoms with Crippen molar-refractivity contribution in [3.63, 3.8) is 0 Å². The van der Waals surface area contributed by atoms with Gasteiger partial charge >= 0.3 is 0 Å². The number of hydrogen-bond donors (Lipinski definition) is 3. The molecule has 0 radical (unpaired) electrons. The van der Waals surface area contributed by atoms with Crippen molar-refractivity contribution in [1.29, 1.82) is 0 Å². The highest BCUT2D eigenvalue weighted by Crippen LogP contribution is 2.23. The van der Waals surface area contributed by atoms with Gasteiger partial charge in [-0.1, -0.05) is 18.2 Å². The summed E-state index contributed by atoms with van der Waals surface area (Å²) >= 11 is 0. The molecule has 0 aromatic heterocycles. The molecule has 0 aliphatic carbocycles. The molecule has 0 aliphatic heterocycles. The maximum absolute atomic E-state index is 10.7. The Balaban J connectivity index is 3.26. The minimum Gasteiger partial charge on any atom is -0.285 e. The van der Waals surface area contributed by atoms with Gasteiger partial charge in [0, 0.05) is 0 Å². The van der Waals surface area contributed by atoms with Crippen LogP contribution in [0.5, 0.6) is 0 Å². The van der Waals surface area contributed by atoms with Gasteiger partial charge in [-0.2, -0.15) is 4.21 Å². The second kappa shape index (κ2) is 2.12. The maximum Gasteiger partial charge on any atom is 0.213 e. The van der Waals surface area contributed by atoms with Crippen molar-refractivity contribution >= 4 is 9.91 Å². The Kier molecular flexibility index (Phi) is 1.61. The van der Waals surface area contributed by atoms with Gasteiger partial charge in [0.1, 0.15) is 0 Å². The second-order valence-corrected chi connectivity index (χ2v) is 4.26. The summed E-state index contributed by atoms with van der Waals surface area (Å²) in [5, 5.41) is 0. The van der Waals surface area contributed by atoms with Gasteiger partial charge in [-0.05, 0) is 12.1 Å². The molecular formula is C6H8O4S. The molecule has 62 valence electrons. The molecule has 0 heterocycles. The third kappa shape index (κ3) is 2.09. The fraction of sp³-hybridized carbons (Fsp3) is 0. The number of benzene rings is 1. The van der Waals surface area contributed by atoms with Gasteiger partial charge in [0.15, 0.2) is 0 Å². The lowest BCUT2D eigenvalue weighted by atomic mass is 10.4. The molecule has 1 rings (SSSR count). The number of rotatable bonds is 1. The average Bonchev–Trinajstić information content (AvgIpc) is 1.86. The zero-order valence-electron chi connectivity index (χ0n) is 5.54. The number of hydrogen-bond acceptors (Lipinski definition) is 1. The van der Waals surface area contributed by atoms with Crippen molar-refractivity contribution in [1.82, 2.24) is 0 Å². The topological polar surface area (TPSA) is 77.8 Å². The Hall–Kier alpha value is -0.750. The predicted octanol–water partition coefficient (Wildman–Crippen LogP) is 1.28. The lowest BCUT2D eigenvalue weighted by Gasteiger charge is -2.22. The summed E-state index contributed by atoms with van der Waals surface area (Å²) in [4.78, 5) is -0.399. The van der Waals surface area contributed by atoms with E-state index in [0.717, 1.165) is 12.1 Å². The van der Waals surface area contributed by atoms with Crippen molar-refractivity contribution in [2.75, 3.05) is 0 Å². The third-order valence-corrected chi connectivity index (χ3v) is 2.25. The van der Waals surface area contributed by atoms with Gasteiger partial charge in [-0.15, -0.1) is 0 Å². The fourth-order valence-electron chi connectivity index (χ4n) is 0.659. The highest BCUT2D eigenvalue weighted by Gasteiger charge is 2.27. The molecule has 0 fully saturated rings. The third-order valence-electron chi connectivity index (χ3n) is 1.16. The molecule has 11 heavy (non-hydrogen) atoms. The summed E-state index contributed by atoms with van der Waals surface area (Å²) in [5.74, 6) is 0. The minimum absolute atomic E-state index is 0.399. The van der Waals surface area contributed by atoms with Gasteiger partial charge in [0.05, 0.1) is 4.90 Å². The van der Waals surface area contributed by atoms with E-state index in [1.165, 1.54) is 12.1 Å². The normalized spacial score (nSPS) is 15.4. The van der Waals surface area contributed by atoms with E-state index in [9.17, 15) is 4.21 Å². The molecule has 0 unspecified atom stereocenters. The van der Waals surface area contributed by atoms with E-state index in [4.69, 9.17) is 13.7 Å². The van der Waals surface area contributed by atoms with Crippen LogP contribution in [0.25, 0.3) is 0 Å². The fourth-order valence-corrected chi connectivity index (χ4v) is 1.29. The Morgan fingerprint density at radius 1 is 1.00 bits per heavy atom. The van der Waals surface area contributed by atoms with Crippen LogP contribution >= 0.6 is 0 Å². The molecule has 0 amide bonds. The highest BCUT2D eigenvalue weighted by molar-refractivity contribution is 8.05. The Bertz CT molecular complexity index is 302. The van der Waals surface area contributed by atoms with Crippen LogP contribution in [0, 0.1) is 0 Å². The van der Waals surface area contributed by atoms with Gasteiger partial charge < -0.3 is 0 Å². The van der Waals surface area contributed by atoms with Crippen LogP contribution in [-0.4, -0.2) is 17.9 Å². The first-order valence-corrected chi connectivity index (χ1v) is 4.67. The quantitative estimate of drug-likeness (QED) is 0.602. The second-order valence-electron chi connectivity index (χ2n) is 2.14. The first-order valence-electron chi connectivity index (χ1n) is 2.83. The minimum atomic E-state index is -5.51. The van der Waals surface area contributed by atoms with E-state index in [1.54, 1.807) is 6.07 Å². The van der Waals surface area contributed by atoms with Gasteiger partial charge in [-0.25, -0.2) is 0 Å². The van der Waals surface area contributed by atoms with Crippen LogP contribution < -0.4 is 0 Å². The molecule has 0 spiro atoms. The lowest BCUT2D eigenvalue weighted by Crippen LogP contribution is -2.29. The highest BCUT2D eigenvalue weighted by atomic mass is 32.3. The summed E-state index contributed by atoms with van der Waals surface area (Å²) in [6, 6.07) is 6.79. The van der Waals surface area contributed by atoms with Crippen molar-refractivity contribution in [3.8, 4) is 0 Å². The van der Waals surface area contributed by atoms with Crippen molar-refractivity contribution < 1.29 is 17.9 Å². The van der Waals surface area contributed by atoms with Gasteiger partial charge in [-0.3, -0.25) is 13.7 Å². The summed E-state index contributed by atoms with van der Waals surface area (Å²) in [7, 11) is -5.51. The first-order chi connectivity index (χ1) is 4.86. The van der Waals surface area contributed by atoms with Crippen LogP contribution in [0.15, 0.2) is 35.2 Å². The molecule has 0 saturated carbocycles. The zero-order valence-corrected chi connectivity index (χ0v) is 6.36. The van der Waals surface area contributed by atoms with Gasteiger partial charge in [0.25, 0.3) is 0 Å². The summed E-state index contributed by atoms with van der Waals surface area (Å²) in [6.45, 7) is 0. The average molecular weight is 176 g/mol. The smallest absolute Gasteiger partial charge is 0.213 e. The molecule has 1 aromatic carbocycles. The largest absolute Gasteiger partial charge is 0.285 e. The maximum atomic E-state index is 10.7. The Labute approximate surface area is 63.8 Å². The van der Waals surface area contributed by atoms with Crippen molar-refractivity contribution in [2.24, 2.45) is 0 Å². The zero-order chi connectivity index (χ0) is 8.56. The van der Waals surface area contributed by atoms with E-state index in [0.29, 0.717) is 0 Å². The monoisotopic (exact) mass is 176 g/mol. The summed E-state index contributed by atoms with van der Waals surface area (Å²) < 4.78 is 36.5. The summed E-state index contributed by atoms with van der Waals surface area (Å²) in [6.07, 6.45) is 0. The molecule has 0 bridgehead atoms. The molecule has 3 N–H and O–H groups in total. The van der Waals surface area contributed by atoms with E-state index in [1.807, 2.05) is 0 Å². The van der Waals surface area contributed by atoms with Crippen molar-refractivity contribution in [2.45, 2.75) is 4.90 Å².